The van der Waals surface area contributed by atoms with Crippen molar-refractivity contribution in [3.8, 4) is 0 Å². The molecule has 0 fully saturated rings. The minimum atomic E-state index is -0.0172. The van der Waals surface area contributed by atoms with Crippen molar-refractivity contribution in [2.24, 2.45) is 14.1 Å². The molecule has 1 aromatic carbocycles. The van der Waals surface area contributed by atoms with Gasteiger partial charge in [0.25, 0.3) is 0 Å². The second-order valence-electron chi connectivity index (χ2n) is 4.07. The van der Waals surface area contributed by atoms with E-state index in [4.69, 9.17) is 0 Å². The van der Waals surface area contributed by atoms with Gasteiger partial charge in [-0.2, -0.15) is 0 Å². The summed E-state index contributed by atoms with van der Waals surface area (Å²) in [5, 5.41) is 5.97. The van der Waals surface area contributed by atoms with Gasteiger partial charge in [0.1, 0.15) is 0 Å². The molecule has 92 valence electrons. The number of hydrogen-bond donors (Lipinski definition) is 1. The standard InChI is InChI=1S/C12H12N4OS/c1-15-9-4-3-8(14-11-13-5-6-18-11)7-10(9)16(2)12(15)17/h3-7H,1-2H3,(H,13,14). The Morgan fingerprint density at radius 2 is 2.00 bits per heavy atom. The lowest BCUT2D eigenvalue weighted by molar-refractivity contribution is 0.795. The maximum Gasteiger partial charge on any atom is 0.328 e. The summed E-state index contributed by atoms with van der Waals surface area (Å²) in [5.41, 5.74) is 2.74. The van der Waals surface area contributed by atoms with E-state index in [1.807, 2.05) is 23.6 Å². The smallest absolute Gasteiger partial charge is 0.328 e. The highest BCUT2D eigenvalue weighted by Crippen LogP contribution is 2.22. The molecule has 0 saturated heterocycles. The van der Waals surface area contributed by atoms with Crippen LogP contribution in [-0.2, 0) is 14.1 Å². The van der Waals surface area contributed by atoms with Crippen molar-refractivity contribution in [1.82, 2.24) is 14.1 Å². The number of nitrogens with one attached hydrogen (secondary N) is 1. The summed E-state index contributed by atoms with van der Waals surface area (Å²) in [6, 6.07) is 5.84. The first-order valence-corrected chi connectivity index (χ1v) is 6.37. The van der Waals surface area contributed by atoms with Gasteiger partial charge in [-0.3, -0.25) is 9.13 Å². The van der Waals surface area contributed by atoms with Crippen molar-refractivity contribution >= 4 is 33.2 Å². The molecule has 3 rings (SSSR count). The molecule has 0 aliphatic heterocycles. The van der Waals surface area contributed by atoms with Gasteiger partial charge >= 0.3 is 5.69 Å². The maximum atomic E-state index is 11.8. The Labute approximate surface area is 107 Å². The molecule has 5 nitrogen and oxygen atoms in total. The molecule has 0 bridgehead atoms. The fraction of sp³-hybridized carbons (Fsp3) is 0.167. The summed E-state index contributed by atoms with van der Waals surface area (Å²) in [5.74, 6) is 0. The van der Waals surface area contributed by atoms with Gasteiger partial charge in [-0.15, -0.1) is 11.3 Å². The van der Waals surface area contributed by atoms with Crippen LogP contribution in [0.5, 0.6) is 0 Å². The summed E-state index contributed by atoms with van der Waals surface area (Å²) in [6.07, 6.45) is 1.75. The number of hydrogen-bond acceptors (Lipinski definition) is 4. The van der Waals surface area contributed by atoms with Crippen molar-refractivity contribution in [3.63, 3.8) is 0 Å². The van der Waals surface area contributed by atoms with Gasteiger partial charge in [0.05, 0.1) is 11.0 Å². The Hall–Kier alpha value is -2.08. The molecule has 0 aliphatic carbocycles. The van der Waals surface area contributed by atoms with Crippen LogP contribution in [0.25, 0.3) is 11.0 Å². The molecule has 0 saturated carbocycles. The Morgan fingerprint density at radius 1 is 1.22 bits per heavy atom. The molecule has 2 aromatic heterocycles. The summed E-state index contributed by atoms with van der Waals surface area (Å²) >= 11 is 1.54. The van der Waals surface area contributed by atoms with Crippen molar-refractivity contribution in [2.75, 3.05) is 5.32 Å². The lowest BCUT2D eigenvalue weighted by atomic mass is 10.2. The third-order valence-corrected chi connectivity index (χ3v) is 3.64. The molecule has 3 aromatic rings. The minimum Gasteiger partial charge on any atom is -0.331 e. The van der Waals surface area contributed by atoms with Crippen LogP contribution in [0.2, 0.25) is 0 Å². The molecule has 6 heteroatoms. The number of imidazole rings is 1. The molecule has 1 N–H and O–H groups in total. The number of fused-ring (bicyclic) bond motifs is 1. The van der Waals surface area contributed by atoms with E-state index in [2.05, 4.69) is 10.3 Å². The van der Waals surface area contributed by atoms with Crippen molar-refractivity contribution in [1.29, 1.82) is 0 Å². The molecule has 0 amide bonds. The first-order chi connectivity index (χ1) is 8.66. The predicted octanol–water partition coefficient (Wildman–Crippen LogP) is 2.08. The summed E-state index contributed by atoms with van der Waals surface area (Å²) in [6.45, 7) is 0. The Kier molecular flexibility index (Phi) is 2.45. The van der Waals surface area contributed by atoms with E-state index >= 15 is 0 Å². The molecule has 0 unspecified atom stereocenters. The minimum absolute atomic E-state index is 0.0172. The monoisotopic (exact) mass is 260 g/mol. The van der Waals surface area contributed by atoms with Crippen LogP contribution in [-0.4, -0.2) is 14.1 Å². The van der Waals surface area contributed by atoms with Crippen LogP contribution in [0.1, 0.15) is 0 Å². The molecule has 18 heavy (non-hydrogen) atoms. The second kappa shape index (κ2) is 3.99. The van der Waals surface area contributed by atoms with Crippen molar-refractivity contribution in [3.05, 3.63) is 40.3 Å². The third kappa shape index (κ3) is 1.62. The van der Waals surface area contributed by atoms with E-state index in [-0.39, 0.29) is 5.69 Å². The third-order valence-electron chi connectivity index (χ3n) is 2.96. The van der Waals surface area contributed by atoms with Crippen LogP contribution in [0.15, 0.2) is 34.6 Å². The molecule has 0 radical (unpaired) electrons. The number of anilines is 2. The molecule has 0 aliphatic rings. The van der Waals surface area contributed by atoms with Crippen LogP contribution in [0.3, 0.4) is 0 Å². The van der Waals surface area contributed by atoms with Gasteiger partial charge in [0.2, 0.25) is 0 Å². The predicted molar refractivity (Wildman–Crippen MR) is 73.6 cm³/mol. The average molecular weight is 260 g/mol. The summed E-state index contributed by atoms with van der Waals surface area (Å²) < 4.78 is 3.28. The van der Waals surface area contributed by atoms with Gasteiger partial charge in [0, 0.05) is 31.4 Å². The van der Waals surface area contributed by atoms with Crippen LogP contribution in [0, 0.1) is 0 Å². The zero-order valence-electron chi connectivity index (χ0n) is 10.0. The summed E-state index contributed by atoms with van der Waals surface area (Å²) in [7, 11) is 3.55. The Bertz CT molecular complexity index is 754. The number of nitrogens with zero attached hydrogens (tertiary/aromatic N) is 3. The van der Waals surface area contributed by atoms with Gasteiger partial charge in [-0.25, -0.2) is 9.78 Å². The van der Waals surface area contributed by atoms with Crippen molar-refractivity contribution < 1.29 is 0 Å². The van der Waals surface area contributed by atoms with E-state index in [9.17, 15) is 4.79 Å². The number of benzene rings is 1. The topological polar surface area (TPSA) is 51.9 Å². The van der Waals surface area contributed by atoms with Gasteiger partial charge < -0.3 is 5.32 Å². The number of aryl methyl sites for hydroxylation is 2. The SMILES string of the molecule is Cn1c(=O)n(C)c2cc(Nc3nccs3)ccc21. The number of aromatic nitrogens is 3. The zero-order chi connectivity index (χ0) is 12.7. The highest BCUT2D eigenvalue weighted by atomic mass is 32.1. The molecular formula is C12H12N4OS. The fourth-order valence-electron chi connectivity index (χ4n) is 1.99. The lowest BCUT2D eigenvalue weighted by Crippen LogP contribution is -2.19. The summed E-state index contributed by atoms with van der Waals surface area (Å²) in [4.78, 5) is 16.0. The van der Waals surface area contributed by atoms with E-state index in [0.29, 0.717) is 0 Å². The fourth-order valence-corrected chi connectivity index (χ4v) is 2.54. The number of thiazole rings is 1. The first kappa shape index (κ1) is 11.0. The quantitative estimate of drug-likeness (QED) is 0.767. The maximum absolute atomic E-state index is 11.8. The van der Waals surface area contributed by atoms with E-state index in [1.54, 1.807) is 29.4 Å². The normalized spacial score (nSPS) is 11.0. The van der Waals surface area contributed by atoms with E-state index in [1.165, 1.54) is 11.3 Å². The lowest BCUT2D eigenvalue weighted by Gasteiger charge is -2.03. The Morgan fingerprint density at radius 3 is 2.72 bits per heavy atom. The average Bonchev–Trinajstić information content (AvgIpc) is 2.95. The van der Waals surface area contributed by atoms with Gasteiger partial charge in [0.15, 0.2) is 5.13 Å². The molecule has 2 heterocycles. The van der Waals surface area contributed by atoms with Crippen molar-refractivity contribution in [2.45, 2.75) is 0 Å². The van der Waals surface area contributed by atoms with Gasteiger partial charge in [-0.1, -0.05) is 0 Å². The van der Waals surface area contributed by atoms with E-state index < -0.39 is 0 Å². The second-order valence-corrected chi connectivity index (χ2v) is 4.96. The van der Waals surface area contributed by atoms with Crippen LogP contribution < -0.4 is 11.0 Å². The van der Waals surface area contributed by atoms with E-state index in [0.717, 1.165) is 21.9 Å². The Balaban J connectivity index is 2.11. The molecule has 0 spiro atoms. The zero-order valence-corrected chi connectivity index (χ0v) is 10.9. The largest absolute Gasteiger partial charge is 0.331 e. The first-order valence-electron chi connectivity index (χ1n) is 5.49. The highest BCUT2D eigenvalue weighted by molar-refractivity contribution is 7.13. The number of rotatable bonds is 2. The molecule has 0 atom stereocenters. The van der Waals surface area contributed by atoms with Gasteiger partial charge in [-0.05, 0) is 18.2 Å². The highest BCUT2D eigenvalue weighted by Gasteiger charge is 2.08. The van der Waals surface area contributed by atoms with Crippen LogP contribution >= 0.6 is 11.3 Å². The van der Waals surface area contributed by atoms with Crippen LogP contribution in [0.4, 0.5) is 10.8 Å². The molecular weight excluding hydrogens is 248 g/mol.